The molecular formula is C22H32N6O3S. The Morgan fingerprint density at radius 1 is 0.938 bits per heavy atom. The lowest BCUT2D eigenvalue weighted by atomic mass is 9.98. The van der Waals surface area contributed by atoms with E-state index < -0.39 is 10.0 Å². The molecule has 0 N–H and O–H groups in total. The van der Waals surface area contributed by atoms with Crippen molar-refractivity contribution in [1.29, 1.82) is 0 Å². The summed E-state index contributed by atoms with van der Waals surface area (Å²) >= 11 is 0. The minimum absolute atomic E-state index is 0.492. The van der Waals surface area contributed by atoms with E-state index in [9.17, 15) is 8.42 Å². The summed E-state index contributed by atoms with van der Waals surface area (Å²) in [6.45, 7) is 6.97. The third kappa shape index (κ3) is 5.66. The van der Waals surface area contributed by atoms with Gasteiger partial charge in [0.05, 0.1) is 24.7 Å². The van der Waals surface area contributed by atoms with Gasteiger partial charge in [-0.25, -0.2) is 23.4 Å². The fourth-order valence-electron chi connectivity index (χ4n) is 4.12. The summed E-state index contributed by atoms with van der Waals surface area (Å²) in [5.74, 6) is 1.94. The van der Waals surface area contributed by atoms with Gasteiger partial charge in [0.15, 0.2) is 0 Å². The monoisotopic (exact) mass is 460 g/mol. The van der Waals surface area contributed by atoms with Gasteiger partial charge in [-0.2, -0.15) is 4.31 Å². The average molecular weight is 461 g/mol. The van der Waals surface area contributed by atoms with Crippen molar-refractivity contribution in [2.75, 3.05) is 61.9 Å². The maximum absolute atomic E-state index is 11.7. The second-order valence-corrected chi connectivity index (χ2v) is 10.5. The molecule has 0 aromatic carbocycles. The van der Waals surface area contributed by atoms with E-state index >= 15 is 0 Å². The van der Waals surface area contributed by atoms with Crippen LogP contribution in [0, 0.1) is 5.92 Å². The quantitative estimate of drug-likeness (QED) is 0.618. The lowest BCUT2D eigenvalue weighted by Crippen LogP contribution is -2.48. The number of nitrogens with zero attached hydrogens (tertiary/aromatic N) is 6. The number of rotatable bonds is 7. The highest BCUT2D eigenvalue weighted by Gasteiger charge is 2.24. The molecule has 2 aromatic rings. The van der Waals surface area contributed by atoms with Gasteiger partial charge in [0.1, 0.15) is 0 Å². The molecule has 2 aromatic heterocycles. The number of hydrogen-bond donors (Lipinski definition) is 0. The molecule has 32 heavy (non-hydrogen) atoms. The van der Waals surface area contributed by atoms with Crippen LogP contribution >= 0.6 is 0 Å². The largest absolute Gasteiger partial charge is 0.477 e. The molecule has 9 nitrogen and oxygen atoms in total. The van der Waals surface area contributed by atoms with Crippen LogP contribution in [0.15, 0.2) is 30.7 Å². The number of hydrogen-bond acceptors (Lipinski definition) is 8. The van der Waals surface area contributed by atoms with Gasteiger partial charge in [0.25, 0.3) is 0 Å². The first-order valence-electron chi connectivity index (χ1n) is 11.3. The van der Waals surface area contributed by atoms with E-state index in [0.717, 1.165) is 49.6 Å². The van der Waals surface area contributed by atoms with Crippen molar-refractivity contribution in [1.82, 2.24) is 19.3 Å². The van der Waals surface area contributed by atoms with Crippen LogP contribution in [-0.4, -0.2) is 79.8 Å². The van der Waals surface area contributed by atoms with Gasteiger partial charge in [-0.1, -0.05) is 6.92 Å². The first-order valence-corrected chi connectivity index (χ1v) is 13.1. The summed E-state index contributed by atoms with van der Waals surface area (Å²) in [4.78, 5) is 17.8. The molecule has 2 aliphatic heterocycles. The molecule has 0 aliphatic carbocycles. The van der Waals surface area contributed by atoms with Crippen LogP contribution in [0.2, 0.25) is 0 Å². The number of ether oxygens (including phenoxy) is 1. The van der Waals surface area contributed by atoms with E-state index in [1.807, 2.05) is 30.7 Å². The highest BCUT2D eigenvalue weighted by molar-refractivity contribution is 7.88. The van der Waals surface area contributed by atoms with Crippen LogP contribution in [-0.2, 0) is 16.4 Å². The van der Waals surface area contributed by atoms with E-state index in [1.54, 1.807) is 0 Å². The Labute approximate surface area is 190 Å². The third-order valence-corrected chi connectivity index (χ3v) is 7.56. The topological polar surface area (TPSA) is 91.8 Å². The molecule has 4 rings (SSSR count). The number of aromatic nitrogens is 3. The first-order chi connectivity index (χ1) is 15.4. The maximum atomic E-state index is 11.7. The molecule has 0 amide bonds. The molecule has 0 atom stereocenters. The molecule has 10 heteroatoms. The molecule has 2 fully saturated rings. The van der Waals surface area contributed by atoms with Gasteiger partial charge in [0, 0.05) is 57.7 Å². The summed E-state index contributed by atoms with van der Waals surface area (Å²) in [7, 11) is -3.12. The predicted molar refractivity (Wildman–Crippen MR) is 125 cm³/mol. The zero-order valence-corrected chi connectivity index (χ0v) is 19.7. The summed E-state index contributed by atoms with van der Waals surface area (Å²) in [6, 6.07) is 3.90. The van der Waals surface area contributed by atoms with Crippen molar-refractivity contribution in [2.24, 2.45) is 5.92 Å². The molecule has 2 aliphatic rings. The van der Waals surface area contributed by atoms with Crippen molar-refractivity contribution in [3.05, 3.63) is 36.3 Å². The number of piperidine rings is 1. The van der Waals surface area contributed by atoms with E-state index in [-0.39, 0.29) is 0 Å². The summed E-state index contributed by atoms with van der Waals surface area (Å²) in [5, 5.41) is 0. The molecular weight excluding hydrogens is 428 g/mol. The van der Waals surface area contributed by atoms with Crippen molar-refractivity contribution < 1.29 is 13.2 Å². The van der Waals surface area contributed by atoms with E-state index in [4.69, 9.17) is 4.74 Å². The second kappa shape index (κ2) is 9.99. The zero-order chi connectivity index (χ0) is 22.6. The van der Waals surface area contributed by atoms with Crippen LogP contribution in [0.4, 0.5) is 11.6 Å². The normalized spacial score (nSPS) is 18.7. The number of aryl methyl sites for hydroxylation is 1. The molecule has 4 heterocycles. The van der Waals surface area contributed by atoms with Crippen molar-refractivity contribution in [2.45, 2.75) is 26.2 Å². The Kier molecular flexibility index (Phi) is 7.10. The molecule has 2 saturated heterocycles. The van der Waals surface area contributed by atoms with Gasteiger partial charge < -0.3 is 14.5 Å². The highest BCUT2D eigenvalue weighted by atomic mass is 32.2. The minimum Gasteiger partial charge on any atom is -0.477 e. The van der Waals surface area contributed by atoms with Crippen LogP contribution in [0.25, 0.3) is 0 Å². The van der Waals surface area contributed by atoms with Crippen LogP contribution in [0.5, 0.6) is 5.88 Å². The Hall–Kier alpha value is -2.46. The molecule has 0 saturated carbocycles. The first kappa shape index (κ1) is 22.7. The second-order valence-electron chi connectivity index (χ2n) is 8.49. The van der Waals surface area contributed by atoms with Gasteiger partial charge in [-0.3, -0.25) is 0 Å². The molecule has 174 valence electrons. The van der Waals surface area contributed by atoms with E-state index in [1.165, 1.54) is 10.6 Å². The van der Waals surface area contributed by atoms with Gasteiger partial charge >= 0.3 is 0 Å². The Bertz CT molecular complexity index is 968. The van der Waals surface area contributed by atoms with Crippen molar-refractivity contribution >= 4 is 21.7 Å². The third-order valence-electron chi connectivity index (χ3n) is 6.26. The molecule has 0 radical (unpaired) electrons. The number of pyridine rings is 1. The summed E-state index contributed by atoms with van der Waals surface area (Å²) in [5.41, 5.74) is 2.15. The van der Waals surface area contributed by atoms with E-state index in [0.29, 0.717) is 44.6 Å². The fourth-order valence-corrected chi connectivity index (χ4v) is 4.95. The van der Waals surface area contributed by atoms with Gasteiger partial charge in [0.2, 0.25) is 21.9 Å². The van der Waals surface area contributed by atoms with Gasteiger partial charge in [-0.05, 0) is 36.8 Å². The maximum Gasteiger partial charge on any atom is 0.225 e. The van der Waals surface area contributed by atoms with Crippen LogP contribution in [0.1, 0.15) is 25.3 Å². The van der Waals surface area contributed by atoms with E-state index in [2.05, 4.69) is 31.7 Å². The summed E-state index contributed by atoms with van der Waals surface area (Å²) in [6.07, 6.45) is 9.94. The lowest BCUT2D eigenvalue weighted by Gasteiger charge is -2.34. The number of sulfonamides is 1. The number of anilines is 2. The standard InChI is InChI=1S/C22H32N6O3S/c1-3-18-14-24-22(25-15-18)27-8-6-19(7-9-27)17-31-21-5-4-20(16-23-21)26-10-12-28(13-11-26)32(2,29)30/h4-5,14-16,19H,3,6-13,17H2,1-2H3. The Morgan fingerprint density at radius 3 is 2.19 bits per heavy atom. The minimum atomic E-state index is -3.12. The molecule has 0 bridgehead atoms. The van der Waals surface area contributed by atoms with Crippen molar-refractivity contribution in [3.63, 3.8) is 0 Å². The van der Waals surface area contributed by atoms with Crippen molar-refractivity contribution in [3.8, 4) is 5.88 Å². The van der Waals surface area contributed by atoms with Gasteiger partial charge in [-0.15, -0.1) is 0 Å². The Morgan fingerprint density at radius 2 is 1.62 bits per heavy atom. The molecule has 0 spiro atoms. The highest BCUT2D eigenvalue weighted by Crippen LogP contribution is 2.23. The molecule has 0 unspecified atom stereocenters. The number of piperazine rings is 1. The SMILES string of the molecule is CCc1cnc(N2CCC(COc3ccc(N4CCN(S(C)(=O)=O)CC4)cn3)CC2)nc1. The predicted octanol–water partition coefficient (Wildman–Crippen LogP) is 1.81. The zero-order valence-electron chi connectivity index (χ0n) is 18.9. The Balaban J connectivity index is 1.21. The van der Waals surface area contributed by atoms with Crippen LogP contribution < -0.4 is 14.5 Å². The average Bonchev–Trinajstić information content (AvgIpc) is 2.83. The van der Waals surface area contributed by atoms with Crippen LogP contribution in [0.3, 0.4) is 0 Å². The summed E-state index contributed by atoms with van der Waals surface area (Å²) < 4.78 is 30.8. The smallest absolute Gasteiger partial charge is 0.225 e. The lowest BCUT2D eigenvalue weighted by molar-refractivity contribution is 0.215. The fraction of sp³-hybridized carbons (Fsp3) is 0.591.